The van der Waals surface area contributed by atoms with Gasteiger partial charge in [0.25, 0.3) is 0 Å². The second-order valence-corrected chi connectivity index (χ2v) is 5.97. The lowest BCUT2D eigenvalue weighted by Gasteiger charge is -2.20. The van der Waals surface area contributed by atoms with Crippen LogP contribution in [0.2, 0.25) is 0 Å². The molecule has 2 atom stereocenters. The molecule has 0 amide bonds. The number of furan rings is 1. The summed E-state index contributed by atoms with van der Waals surface area (Å²) in [5.74, 6) is 0.542. The number of aliphatic hydroxyl groups excluding tert-OH is 1. The third-order valence-corrected chi connectivity index (χ3v) is 3.94. The largest absolute Gasteiger partial charge is 0.472 e. The second-order valence-electron chi connectivity index (χ2n) is 5.97. The van der Waals surface area contributed by atoms with Crippen LogP contribution in [-0.4, -0.2) is 17.8 Å². The molecule has 0 bridgehead atoms. The summed E-state index contributed by atoms with van der Waals surface area (Å²) in [5.41, 5.74) is 2.40. The van der Waals surface area contributed by atoms with Gasteiger partial charge in [-0.1, -0.05) is 43.7 Å². The van der Waals surface area contributed by atoms with E-state index in [1.54, 1.807) is 6.26 Å². The summed E-state index contributed by atoms with van der Waals surface area (Å²) in [7, 11) is 0. The molecule has 1 N–H and O–H groups in total. The van der Waals surface area contributed by atoms with Crippen molar-refractivity contribution < 1.29 is 14.3 Å². The van der Waals surface area contributed by atoms with E-state index in [9.17, 15) is 5.11 Å². The van der Waals surface area contributed by atoms with Crippen molar-refractivity contribution in [2.45, 2.75) is 45.3 Å². The third kappa shape index (κ3) is 6.04. The fraction of sp³-hybridized carbons (Fsp3) is 0.474. The SMILES string of the molecule is C[C@H](CCCc1ccoc1)C[C@@H](CO)OCc1ccccc1. The minimum atomic E-state index is -0.0795. The van der Waals surface area contributed by atoms with Gasteiger partial charge in [-0.3, -0.25) is 0 Å². The first-order valence-electron chi connectivity index (χ1n) is 8.05. The van der Waals surface area contributed by atoms with Crippen molar-refractivity contribution in [3.05, 3.63) is 60.1 Å². The van der Waals surface area contributed by atoms with Crippen LogP contribution in [0.4, 0.5) is 0 Å². The third-order valence-electron chi connectivity index (χ3n) is 3.94. The summed E-state index contributed by atoms with van der Waals surface area (Å²) in [6, 6.07) is 12.1. The Morgan fingerprint density at radius 1 is 1.14 bits per heavy atom. The standard InChI is InChI=1S/C19H26O3/c1-16(6-5-9-18-10-11-21-14-18)12-19(13-20)22-15-17-7-3-2-4-8-17/h2-4,7-8,10-11,14,16,19-20H,5-6,9,12-13,15H2,1H3/t16-,19+/m1/s1. The number of aliphatic hydroxyl groups is 1. The first kappa shape index (κ1) is 16.8. The van der Waals surface area contributed by atoms with Gasteiger partial charge in [-0.05, 0) is 42.4 Å². The van der Waals surface area contributed by atoms with Crippen LogP contribution in [0.5, 0.6) is 0 Å². The molecule has 22 heavy (non-hydrogen) atoms. The predicted octanol–water partition coefficient (Wildman–Crippen LogP) is 4.21. The van der Waals surface area contributed by atoms with Gasteiger partial charge in [0.15, 0.2) is 0 Å². The van der Waals surface area contributed by atoms with Gasteiger partial charge in [0, 0.05) is 0 Å². The van der Waals surface area contributed by atoms with Gasteiger partial charge in [0.05, 0.1) is 31.8 Å². The van der Waals surface area contributed by atoms with Crippen molar-refractivity contribution in [1.29, 1.82) is 0 Å². The van der Waals surface area contributed by atoms with Crippen molar-refractivity contribution >= 4 is 0 Å². The number of benzene rings is 1. The molecule has 0 fully saturated rings. The summed E-state index contributed by atoms with van der Waals surface area (Å²) in [5, 5.41) is 9.49. The molecule has 1 heterocycles. The molecule has 3 nitrogen and oxygen atoms in total. The van der Waals surface area contributed by atoms with Crippen molar-refractivity contribution in [1.82, 2.24) is 0 Å². The van der Waals surface area contributed by atoms with Crippen LogP contribution in [0.1, 0.15) is 37.3 Å². The Morgan fingerprint density at radius 3 is 2.64 bits per heavy atom. The van der Waals surface area contributed by atoms with Gasteiger partial charge in [0.2, 0.25) is 0 Å². The molecule has 0 aliphatic carbocycles. The van der Waals surface area contributed by atoms with E-state index in [1.807, 2.05) is 42.7 Å². The highest BCUT2D eigenvalue weighted by molar-refractivity contribution is 5.13. The molecule has 0 saturated heterocycles. The zero-order valence-corrected chi connectivity index (χ0v) is 13.3. The maximum atomic E-state index is 9.49. The quantitative estimate of drug-likeness (QED) is 0.715. The minimum Gasteiger partial charge on any atom is -0.472 e. The van der Waals surface area contributed by atoms with Crippen molar-refractivity contribution in [2.24, 2.45) is 5.92 Å². The van der Waals surface area contributed by atoms with E-state index >= 15 is 0 Å². The number of ether oxygens (including phenoxy) is 1. The van der Waals surface area contributed by atoms with Gasteiger partial charge in [-0.15, -0.1) is 0 Å². The Balaban J connectivity index is 1.65. The number of hydrogen-bond donors (Lipinski definition) is 1. The number of hydrogen-bond acceptors (Lipinski definition) is 3. The molecule has 2 aromatic rings. The monoisotopic (exact) mass is 302 g/mol. The van der Waals surface area contributed by atoms with Crippen LogP contribution in [0.25, 0.3) is 0 Å². The lowest BCUT2D eigenvalue weighted by Crippen LogP contribution is -2.20. The molecular weight excluding hydrogens is 276 g/mol. The Labute approximate surface area is 132 Å². The van der Waals surface area contributed by atoms with Crippen LogP contribution in [0.3, 0.4) is 0 Å². The van der Waals surface area contributed by atoms with Crippen LogP contribution >= 0.6 is 0 Å². The maximum absolute atomic E-state index is 9.49. The topological polar surface area (TPSA) is 42.6 Å². The van der Waals surface area contributed by atoms with Gasteiger partial charge in [-0.25, -0.2) is 0 Å². The Bertz CT molecular complexity index is 493. The summed E-state index contributed by atoms with van der Waals surface area (Å²) in [6.45, 7) is 2.87. The van der Waals surface area contributed by atoms with Gasteiger partial charge >= 0.3 is 0 Å². The Morgan fingerprint density at radius 2 is 1.95 bits per heavy atom. The predicted molar refractivity (Wildman–Crippen MR) is 87.5 cm³/mol. The Hall–Kier alpha value is -1.58. The molecule has 3 heteroatoms. The molecule has 0 radical (unpaired) electrons. The van der Waals surface area contributed by atoms with Crippen molar-refractivity contribution in [3.8, 4) is 0 Å². The Kier molecular flexibility index (Phi) is 7.20. The van der Waals surface area contributed by atoms with E-state index in [-0.39, 0.29) is 12.7 Å². The number of rotatable bonds is 10. The van der Waals surface area contributed by atoms with E-state index in [4.69, 9.17) is 9.15 Å². The summed E-state index contributed by atoms with van der Waals surface area (Å²) in [4.78, 5) is 0. The molecule has 0 aliphatic rings. The molecule has 0 aliphatic heterocycles. The molecular formula is C19H26O3. The summed E-state index contributed by atoms with van der Waals surface area (Å²) >= 11 is 0. The molecule has 120 valence electrons. The average molecular weight is 302 g/mol. The van der Waals surface area contributed by atoms with Crippen LogP contribution in [0.15, 0.2) is 53.3 Å². The zero-order chi connectivity index (χ0) is 15.6. The molecule has 0 saturated carbocycles. The fourth-order valence-electron chi connectivity index (χ4n) is 2.64. The van der Waals surface area contributed by atoms with Gasteiger partial charge in [0.1, 0.15) is 0 Å². The molecule has 2 rings (SSSR count). The second kappa shape index (κ2) is 9.44. The van der Waals surface area contributed by atoms with E-state index in [0.29, 0.717) is 12.5 Å². The lowest BCUT2D eigenvalue weighted by atomic mass is 9.96. The first-order valence-corrected chi connectivity index (χ1v) is 8.05. The fourth-order valence-corrected chi connectivity index (χ4v) is 2.64. The van der Waals surface area contributed by atoms with Gasteiger partial charge in [-0.2, -0.15) is 0 Å². The van der Waals surface area contributed by atoms with E-state index < -0.39 is 0 Å². The molecule has 1 aromatic heterocycles. The summed E-state index contributed by atoms with van der Waals surface area (Å²) < 4.78 is 10.9. The van der Waals surface area contributed by atoms with Crippen LogP contribution in [-0.2, 0) is 17.8 Å². The highest BCUT2D eigenvalue weighted by Crippen LogP contribution is 2.18. The van der Waals surface area contributed by atoms with E-state index in [0.717, 1.165) is 31.2 Å². The van der Waals surface area contributed by atoms with Crippen LogP contribution < -0.4 is 0 Å². The smallest absolute Gasteiger partial charge is 0.0934 e. The zero-order valence-electron chi connectivity index (χ0n) is 13.3. The van der Waals surface area contributed by atoms with Crippen LogP contribution in [0, 0.1) is 5.92 Å². The lowest BCUT2D eigenvalue weighted by molar-refractivity contribution is -0.0107. The molecule has 0 spiro atoms. The first-order chi connectivity index (χ1) is 10.8. The van der Waals surface area contributed by atoms with E-state index in [1.165, 1.54) is 5.56 Å². The normalized spacial score (nSPS) is 13.9. The molecule has 0 unspecified atom stereocenters. The molecule has 1 aromatic carbocycles. The maximum Gasteiger partial charge on any atom is 0.0934 e. The van der Waals surface area contributed by atoms with E-state index in [2.05, 4.69) is 6.92 Å². The van der Waals surface area contributed by atoms with Crippen molar-refractivity contribution in [3.63, 3.8) is 0 Å². The average Bonchev–Trinajstić information content (AvgIpc) is 3.05. The highest BCUT2D eigenvalue weighted by Gasteiger charge is 2.13. The van der Waals surface area contributed by atoms with Crippen molar-refractivity contribution in [2.75, 3.05) is 6.61 Å². The minimum absolute atomic E-state index is 0.0795. The highest BCUT2D eigenvalue weighted by atomic mass is 16.5. The van der Waals surface area contributed by atoms with Gasteiger partial charge < -0.3 is 14.3 Å². The number of aryl methyl sites for hydroxylation is 1. The summed E-state index contributed by atoms with van der Waals surface area (Å²) in [6.07, 6.45) is 7.67.